The Labute approximate surface area is 147 Å². The summed E-state index contributed by atoms with van der Waals surface area (Å²) in [6.45, 7) is 2.37. The van der Waals surface area contributed by atoms with Crippen LogP contribution in [0.15, 0.2) is 58.5 Å². The molecule has 0 aromatic carbocycles. The summed E-state index contributed by atoms with van der Waals surface area (Å²) in [5.74, 6) is 0.120. The maximum Gasteiger partial charge on any atom is 0.416 e. The van der Waals surface area contributed by atoms with E-state index in [1.54, 1.807) is 6.92 Å². The molecule has 0 atom stereocenters. The van der Waals surface area contributed by atoms with Crippen molar-refractivity contribution in [3.63, 3.8) is 0 Å². The molecule has 0 saturated heterocycles. The Kier molecular flexibility index (Phi) is 6.28. The number of pyridine rings is 1. The molecule has 26 heavy (non-hydrogen) atoms. The lowest BCUT2D eigenvalue weighted by Gasteiger charge is -2.10. The highest BCUT2D eigenvalue weighted by Gasteiger charge is 2.32. The Bertz CT molecular complexity index is 776. The lowest BCUT2D eigenvalue weighted by molar-refractivity contribution is -0.0882. The molecule has 3 nitrogen and oxygen atoms in total. The molecule has 1 aromatic heterocycles. The Hall–Kier alpha value is -2.51. The average molecular weight is 372 g/mol. The molecule has 1 aliphatic heterocycles. The Morgan fingerprint density at radius 3 is 2.69 bits per heavy atom. The molecule has 1 aromatic rings. The van der Waals surface area contributed by atoms with Crippen LogP contribution in [0.5, 0.6) is 5.75 Å². The van der Waals surface area contributed by atoms with Crippen molar-refractivity contribution < 1.29 is 26.7 Å². The van der Waals surface area contributed by atoms with Gasteiger partial charge in [0.15, 0.2) is 0 Å². The summed E-state index contributed by atoms with van der Waals surface area (Å²) < 4.78 is 69.0. The standard InChI is InChI=1S/C18H17F5N2O/c1-3-4-12(18(21,22)23)8-14-11(2)7-15(25-14)13-5-6-24-9-16(13)26-10-17(19)20/h3-6,8-9,17H,7,10H2,1-2H3/b4-3?,12-8+. The predicted molar refractivity (Wildman–Crippen MR) is 88.5 cm³/mol. The summed E-state index contributed by atoms with van der Waals surface area (Å²) in [6, 6.07) is 1.54. The number of hydrogen-bond donors (Lipinski definition) is 0. The molecule has 0 amide bonds. The van der Waals surface area contributed by atoms with Crippen molar-refractivity contribution in [3.05, 3.63) is 59.1 Å². The van der Waals surface area contributed by atoms with E-state index in [0.717, 1.165) is 12.2 Å². The number of rotatable bonds is 6. The van der Waals surface area contributed by atoms with E-state index in [4.69, 9.17) is 4.74 Å². The van der Waals surface area contributed by atoms with Gasteiger partial charge in [0.2, 0.25) is 0 Å². The van der Waals surface area contributed by atoms with Crippen LogP contribution in [0.1, 0.15) is 25.8 Å². The minimum atomic E-state index is -4.50. The van der Waals surface area contributed by atoms with Crippen LogP contribution in [0.4, 0.5) is 22.0 Å². The molecule has 0 radical (unpaired) electrons. The molecule has 0 fully saturated rings. The van der Waals surface area contributed by atoms with E-state index in [1.807, 2.05) is 0 Å². The van der Waals surface area contributed by atoms with Gasteiger partial charge < -0.3 is 4.74 Å². The molecule has 0 saturated carbocycles. The fourth-order valence-electron chi connectivity index (χ4n) is 2.37. The average Bonchev–Trinajstić information content (AvgIpc) is 2.92. The van der Waals surface area contributed by atoms with Gasteiger partial charge in [-0.15, -0.1) is 0 Å². The summed E-state index contributed by atoms with van der Waals surface area (Å²) in [5, 5.41) is 0. The van der Waals surface area contributed by atoms with E-state index in [2.05, 4.69) is 9.98 Å². The number of nitrogens with zero attached hydrogens (tertiary/aromatic N) is 2. The van der Waals surface area contributed by atoms with Gasteiger partial charge in [0.05, 0.1) is 23.2 Å². The third kappa shape index (κ3) is 5.00. The lowest BCUT2D eigenvalue weighted by atomic mass is 10.0. The zero-order valence-electron chi connectivity index (χ0n) is 14.1. The molecular formula is C18H17F5N2O. The van der Waals surface area contributed by atoms with Gasteiger partial charge in [0, 0.05) is 18.2 Å². The highest BCUT2D eigenvalue weighted by Crippen LogP contribution is 2.33. The van der Waals surface area contributed by atoms with Crippen LogP contribution >= 0.6 is 0 Å². The molecule has 0 spiro atoms. The van der Waals surface area contributed by atoms with Crippen molar-refractivity contribution >= 4 is 5.71 Å². The molecule has 0 N–H and O–H groups in total. The zero-order chi connectivity index (χ0) is 19.3. The fourth-order valence-corrected chi connectivity index (χ4v) is 2.37. The fraction of sp³-hybridized carbons (Fsp3) is 0.333. The van der Waals surface area contributed by atoms with Gasteiger partial charge in [-0.3, -0.25) is 9.98 Å². The maximum atomic E-state index is 13.1. The third-order valence-corrected chi connectivity index (χ3v) is 3.55. The van der Waals surface area contributed by atoms with Gasteiger partial charge in [0.1, 0.15) is 12.4 Å². The Balaban J connectivity index is 2.35. The molecule has 0 unspecified atom stereocenters. The van der Waals surface area contributed by atoms with Crippen LogP contribution in [0.2, 0.25) is 0 Å². The number of alkyl halides is 5. The summed E-state index contributed by atoms with van der Waals surface area (Å²) >= 11 is 0. The molecule has 2 rings (SSSR count). The normalized spacial score (nSPS) is 16.0. The van der Waals surface area contributed by atoms with Gasteiger partial charge in [-0.25, -0.2) is 8.78 Å². The summed E-state index contributed by atoms with van der Waals surface area (Å²) in [4.78, 5) is 8.08. The van der Waals surface area contributed by atoms with Crippen molar-refractivity contribution in [2.24, 2.45) is 4.99 Å². The SMILES string of the molecule is CC=C/C(=C\C1=C(C)CC(c2ccncc2OCC(F)F)=N1)C(F)(F)F. The van der Waals surface area contributed by atoms with Crippen molar-refractivity contribution in [1.29, 1.82) is 0 Å². The van der Waals surface area contributed by atoms with Gasteiger partial charge in [-0.1, -0.05) is 12.2 Å². The Morgan fingerprint density at radius 2 is 2.08 bits per heavy atom. The van der Waals surface area contributed by atoms with Crippen molar-refractivity contribution in [2.45, 2.75) is 32.9 Å². The largest absolute Gasteiger partial charge is 0.485 e. The van der Waals surface area contributed by atoms with Crippen LogP contribution in [0, 0.1) is 0 Å². The van der Waals surface area contributed by atoms with E-state index in [0.29, 0.717) is 23.3 Å². The minimum absolute atomic E-state index is 0.120. The summed E-state index contributed by atoms with van der Waals surface area (Å²) in [5.41, 5.74) is 0.901. The van der Waals surface area contributed by atoms with Crippen LogP contribution in [0.25, 0.3) is 0 Å². The first-order valence-electron chi connectivity index (χ1n) is 7.76. The highest BCUT2D eigenvalue weighted by atomic mass is 19.4. The molecule has 140 valence electrons. The topological polar surface area (TPSA) is 34.5 Å². The molecule has 1 aliphatic rings. The van der Waals surface area contributed by atoms with Crippen molar-refractivity contribution in [2.75, 3.05) is 6.61 Å². The molecule has 0 aliphatic carbocycles. The number of halogens is 5. The van der Waals surface area contributed by atoms with Crippen LogP contribution in [0.3, 0.4) is 0 Å². The van der Waals surface area contributed by atoms with E-state index in [-0.39, 0.29) is 11.4 Å². The second kappa shape index (κ2) is 8.25. The number of aliphatic imine (C=N–C) groups is 1. The van der Waals surface area contributed by atoms with Crippen molar-refractivity contribution in [3.8, 4) is 5.75 Å². The molecule has 8 heteroatoms. The van der Waals surface area contributed by atoms with E-state index < -0.39 is 24.8 Å². The Morgan fingerprint density at radius 1 is 1.35 bits per heavy atom. The lowest BCUT2D eigenvalue weighted by Crippen LogP contribution is -2.10. The van der Waals surface area contributed by atoms with E-state index in [9.17, 15) is 22.0 Å². The molecular weight excluding hydrogens is 355 g/mol. The van der Waals surface area contributed by atoms with Crippen molar-refractivity contribution in [1.82, 2.24) is 4.98 Å². The minimum Gasteiger partial charge on any atom is -0.485 e. The summed E-state index contributed by atoms with van der Waals surface area (Å²) in [7, 11) is 0. The maximum absolute atomic E-state index is 13.1. The quantitative estimate of drug-likeness (QED) is 0.504. The first-order valence-corrected chi connectivity index (χ1v) is 7.76. The number of hydrogen-bond acceptors (Lipinski definition) is 3. The van der Waals surface area contributed by atoms with Gasteiger partial charge in [0.25, 0.3) is 6.43 Å². The number of aromatic nitrogens is 1. The van der Waals surface area contributed by atoms with Crippen LogP contribution in [-0.2, 0) is 0 Å². The number of ether oxygens (including phenoxy) is 1. The second-order valence-electron chi connectivity index (χ2n) is 5.57. The molecule has 2 heterocycles. The monoisotopic (exact) mass is 372 g/mol. The zero-order valence-corrected chi connectivity index (χ0v) is 14.1. The van der Waals surface area contributed by atoms with E-state index >= 15 is 0 Å². The van der Waals surface area contributed by atoms with Crippen LogP contribution < -0.4 is 4.74 Å². The first kappa shape index (κ1) is 19.8. The second-order valence-corrected chi connectivity index (χ2v) is 5.57. The number of allylic oxidation sites excluding steroid dienone is 5. The van der Waals surface area contributed by atoms with Crippen LogP contribution in [-0.4, -0.2) is 29.9 Å². The van der Waals surface area contributed by atoms with Gasteiger partial charge in [-0.05, 0) is 31.6 Å². The van der Waals surface area contributed by atoms with Gasteiger partial charge in [-0.2, -0.15) is 13.2 Å². The first-order chi connectivity index (χ1) is 12.2. The van der Waals surface area contributed by atoms with Gasteiger partial charge >= 0.3 is 6.18 Å². The summed E-state index contributed by atoms with van der Waals surface area (Å²) in [6.07, 6.45) is -0.889. The highest BCUT2D eigenvalue weighted by molar-refractivity contribution is 6.06. The van der Waals surface area contributed by atoms with E-state index in [1.165, 1.54) is 31.5 Å². The molecule has 0 bridgehead atoms. The smallest absolute Gasteiger partial charge is 0.416 e. The predicted octanol–water partition coefficient (Wildman–Crippen LogP) is 5.26. The third-order valence-electron chi connectivity index (χ3n) is 3.55.